The second kappa shape index (κ2) is 6.78. The molecule has 3 heteroatoms. The second-order valence-corrected chi connectivity index (χ2v) is 7.00. The Morgan fingerprint density at radius 3 is 2.75 bits per heavy atom. The van der Waals surface area contributed by atoms with E-state index in [1.165, 1.54) is 37.0 Å². The molecule has 1 aliphatic rings. The maximum atomic E-state index is 4.54. The molecule has 3 aromatic rings. The van der Waals surface area contributed by atoms with Gasteiger partial charge in [-0.15, -0.1) is 0 Å². The van der Waals surface area contributed by atoms with Gasteiger partial charge in [0.25, 0.3) is 0 Å². The Bertz CT molecular complexity index is 793. The van der Waals surface area contributed by atoms with Gasteiger partial charge in [-0.25, -0.2) is 4.98 Å². The number of hydrogen-bond donors (Lipinski definition) is 0. The van der Waals surface area contributed by atoms with Crippen LogP contribution in [0.5, 0.6) is 0 Å². The molecule has 1 aromatic heterocycles. The van der Waals surface area contributed by atoms with Crippen LogP contribution >= 0.6 is 0 Å². The third kappa shape index (κ3) is 3.09. The zero-order valence-corrected chi connectivity index (χ0v) is 14.3. The van der Waals surface area contributed by atoms with Gasteiger partial charge in [-0.2, -0.15) is 0 Å². The van der Waals surface area contributed by atoms with Gasteiger partial charge in [0.2, 0.25) is 0 Å². The molecular weight excluding hydrogens is 294 g/mol. The molecule has 1 saturated heterocycles. The van der Waals surface area contributed by atoms with E-state index >= 15 is 0 Å². The molecule has 0 amide bonds. The van der Waals surface area contributed by atoms with Crippen LogP contribution in [0.15, 0.2) is 60.9 Å². The Morgan fingerprint density at radius 1 is 1.08 bits per heavy atom. The lowest BCUT2D eigenvalue weighted by atomic mass is 9.90. The van der Waals surface area contributed by atoms with E-state index in [1.54, 1.807) is 0 Å². The fourth-order valence-corrected chi connectivity index (χ4v) is 4.01. The fraction of sp³-hybridized carbons (Fsp3) is 0.381. The highest BCUT2D eigenvalue weighted by molar-refractivity contribution is 5.75. The summed E-state index contributed by atoms with van der Waals surface area (Å²) in [5.41, 5.74) is 3.81. The van der Waals surface area contributed by atoms with Gasteiger partial charge in [0.15, 0.2) is 0 Å². The van der Waals surface area contributed by atoms with Crippen molar-refractivity contribution in [3.05, 3.63) is 66.5 Å². The molecular formula is C21H25N3. The van der Waals surface area contributed by atoms with E-state index in [4.69, 9.17) is 0 Å². The molecule has 0 spiro atoms. The van der Waals surface area contributed by atoms with E-state index < -0.39 is 0 Å². The van der Waals surface area contributed by atoms with E-state index in [0.29, 0.717) is 12.0 Å². The molecule has 1 aliphatic heterocycles. The van der Waals surface area contributed by atoms with Crippen LogP contribution in [0, 0.1) is 0 Å². The third-order valence-corrected chi connectivity index (χ3v) is 5.25. The molecule has 0 saturated carbocycles. The first kappa shape index (κ1) is 15.4. The SMILES string of the molecule is C[C@@H](CN1CCC[C@H](c2ccccc2)C1)n1cnc2ccccc21. The standard InChI is InChI=1S/C21H25N3/c1-17(24-16-22-20-11-5-6-12-21(20)24)14-23-13-7-10-19(15-23)18-8-3-2-4-9-18/h2-6,8-9,11-12,16-17,19H,7,10,13-15H2,1H3/t17-,19-/m0/s1. The maximum absolute atomic E-state index is 4.54. The number of benzene rings is 2. The number of rotatable bonds is 4. The average molecular weight is 319 g/mol. The minimum Gasteiger partial charge on any atom is -0.326 e. The first-order valence-electron chi connectivity index (χ1n) is 9.00. The number of imidazole rings is 1. The summed E-state index contributed by atoms with van der Waals surface area (Å²) in [7, 11) is 0. The Balaban J connectivity index is 1.46. The molecule has 0 bridgehead atoms. The number of fused-ring (bicyclic) bond motifs is 1. The van der Waals surface area contributed by atoms with Gasteiger partial charge < -0.3 is 9.47 Å². The van der Waals surface area contributed by atoms with Crippen LogP contribution < -0.4 is 0 Å². The normalized spacial score (nSPS) is 20.3. The summed E-state index contributed by atoms with van der Waals surface area (Å²) in [6.07, 6.45) is 4.59. The average Bonchev–Trinajstić information content (AvgIpc) is 3.07. The first-order chi connectivity index (χ1) is 11.8. The van der Waals surface area contributed by atoms with Crippen LogP contribution in [0.4, 0.5) is 0 Å². The third-order valence-electron chi connectivity index (χ3n) is 5.25. The van der Waals surface area contributed by atoms with Gasteiger partial charge in [-0.3, -0.25) is 0 Å². The highest BCUT2D eigenvalue weighted by atomic mass is 15.2. The van der Waals surface area contributed by atoms with Crippen molar-refractivity contribution in [3.8, 4) is 0 Å². The zero-order valence-electron chi connectivity index (χ0n) is 14.3. The molecule has 0 unspecified atom stereocenters. The van der Waals surface area contributed by atoms with E-state index in [0.717, 1.165) is 12.1 Å². The van der Waals surface area contributed by atoms with Crippen molar-refractivity contribution in [2.24, 2.45) is 0 Å². The fourth-order valence-electron chi connectivity index (χ4n) is 4.01. The maximum Gasteiger partial charge on any atom is 0.0961 e. The quantitative estimate of drug-likeness (QED) is 0.707. The van der Waals surface area contributed by atoms with Gasteiger partial charge >= 0.3 is 0 Å². The van der Waals surface area contributed by atoms with E-state index in [1.807, 2.05) is 6.33 Å². The smallest absolute Gasteiger partial charge is 0.0961 e. The van der Waals surface area contributed by atoms with Crippen LogP contribution in [0.3, 0.4) is 0 Å². The van der Waals surface area contributed by atoms with Crippen LogP contribution in [-0.4, -0.2) is 34.1 Å². The summed E-state index contributed by atoms with van der Waals surface area (Å²) in [6, 6.07) is 19.8. The molecule has 0 N–H and O–H groups in total. The number of aromatic nitrogens is 2. The van der Waals surface area contributed by atoms with Crippen molar-refractivity contribution in [2.75, 3.05) is 19.6 Å². The van der Waals surface area contributed by atoms with Crippen molar-refractivity contribution in [1.82, 2.24) is 14.5 Å². The molecule has 4 rings (SSSR count). The molecule has 24 heavy (non-hydrogen) atoms. The van der Waals surface area contributed by atoms with Gasteiger partial charge in [-0.05, 0) is 49.9 Å². The summed E-state index contributed by atoms with van der Waals surface area (Å²) in [5.74, 6) is 0.673. The Labute approximate surface area is 143 Å². The molecule has 124 valence electrons. The zero-order chi connectivity index (χ0) is 16.4. The van der Waals surface area contributed by atoms with Gasteiger partial charge in [0.05, 0.1) is 17.4 Å². The summed E-state index contributed by atoms with van der Waals surface area (Å²) in [5, 5.41) is 0. The topological polar surface area (TPSA) is 21.1 Å². The van der Waals surface area contributed by atoms with Gasteiger partial charge in [0, 0.05) is 19.1 Å². The lowest BCUT2D eigenvalue weighted by Crippen LogP contribution is -2.37. The first-order valence-corrected chi connectivity index (χ1v) is 9.00. The van der Waals surface area contributed by atoms with E-state index in [-0.39, 0.29) is 0 Å². The number of hydrogen-bond acceptors (Lipinski definition) is 2. The molecule has 2 heterocycles. The second-order valence-electron chi connectivity index (χ2n) is 7.00. The highest BCUT2D eigenvalue weighted by Gasteiger charge is 2.23. The summed E-state index contributed by atoms with van der Waals surface area (Å²) < 4.78 is 2.32. The Morgan fingerprint density at radius 2 is 1.88 bits per heavy atom. The molecule has 1 fully saturated rings. The predicted molar refractivity (Wildman–Crippen MR) is 99.3 cm³/mol. The minimum absolute atomic E-state index is 0.437. The predicted octanol–water partition coefficient (Wildman–Crippen LogP) is 4.48. The van der Waals surface area contributed by atoms with Crippen molar-refractivity contribution < 1.29 is 0 Å². The monoisotopic (exact) mass is 319 g/mol. The lowest BCUT2D eigenvalue weighted by molar-refractivity contribution is 0.185. The van der Waals surface area contributed by atoms with Gasteiger partial charge in [-0.1, -0.05) is 42.5 Å². The number of para-hydroxylation sites is 2. The molecule has 2 aromatic carbocycles. The van der Waals surface area contributed by atoms with Crippen LogP contribution in [0.1, 0.15) is 37.3 Å². The highest BCUT2D eigenvalue weighted by Crippen LogP contribution is 2.28. The van der Waals surface area contributed by atoms with Crippen molar-refractivity contribution in [3.63, 3.8) is 0 Å². The van der Waals surface area contributed by atoms with E-state index in [2.05, 4.69) is 76.0 Å². The molecule has 0 aliphatic carbocycles. The number of nitrogens with zero attached hydrogens (tertiary/aromatic N) is 3. The largest absolute Gasteiger partial charge is 0.326 e. The molecule has 2 atom stereocenters. The summed E-state index contributed by atoms with van der Waals surface area (Å²) in [4.78, 5) is 7.17. The minimum atomic E-state index is 0.437. The Hall–Kier alpha value is -2.13. The molecule has 3 nitrogen and oxygen atoms in total. The summed E-state index contributed by atoms with van der Waals surface area (Å²) in [6.45, 7) is 5.77. The lowest BCUT2D eigenvalue weighted by Gasteiger charge is -2.35. The van der Waals surface area contributed by atoms with Crippen molar-refractivity contribution in [1.29, 1.82) is 0 Å². The van der Waals surface area contributed by atoms with Crippen LogP contribution in [0.2, 0.25) is 0 Å². The number of likely N-dealkylation sites (tertiary alicyclic amines) is 1. The van der Waals surface area contributed by atoms with E-state index in [9.17, 15) is 0 Å². The summed E-state index contributed by atoms with van der Waals surface area (Å²) >= 11 is 0. The van der Waals surface area contributed by atoms with Crippen molar-refractivity contribution >= 4 is 11.0 Å². The van der Waals surface area contributed by atoms with Crippen LogP contribution in [0.25, 0.3) is 11.0 Å². The number of piperidine rings is 1. The van der Waals surface area contributed by atoms with Gasteiger partial charge in [0.1, 0.15) is 0 Å². The van der Waals surface area contributed by atoms with Crippen molar-refractivity contribution in [2.45, 2.75) is 31.7 Å². The molecule has 0 radical (unpaired) electrons. The van der Waals surface area contributed by atoms with Crippen LogP contribution in [-0.2, 0) is 0 Å². The Kier molecular flexibility index (Phi) is 4.35.